The Kier molecular flexibility index (Phi) is 4.16. The minimum absolute atomic E-state index is 0.0576. The molecule has 2 N–H and O–H groups in total. The second-order valence-corrected chi connectivity index (χ2v) is 6.55. The van der Waals surface area contributed by atoms with E-state index in [0.29, 0.717) is 25.2 Å². The van der Waals surface area contributed by atoms with Gasteiger partial charge in [0.1, 0.15) is 5.69 Å². The molecule has 4 rings (SSSR count). The first-order chi connectivity index (χ1) is 12.6. The summed E-state index contributed by atoms with van der Waals surface area (Å²) in [5, 5.41) is 9.87. The maximum absolute atomic E-state index is 12.3. The van der Waals surface area contributed by atoms with Crippen molar-refractivity contribution < 1.29 is 9.59 Å². The largest absolute Gasteiger partial charge is 0.349 e. The molecule has 134 valence electrons. The highest BCUT2D eigenvalue weighted by Gasteiger charge is 2.27. The molecular formula is C18H20N6O2. The average Bonchev–Trinajstić information content (AvgIpc) is 3.36. The number of carbonyl (C=O) groups excluding carboxylic acids is 2. The number of aromatic nitrogens is 4. The van der Waals surface area contributed by atoms with E-state index in [4.69, 9.17) is 0 Å². The smallest absolute Gasteiger partial charge is 0.271 e. The van der Waals surface area contributed by atoms with Crippen LogP contribution in [0.1, 0.15) is 29.0 Å². The van der Waals surface area contributed by atoms with Crippen LogP contribution in [0.15, 0.2) is 36.7 Å². The van der Waals surface area contributed by atoms with Crippen molar-refractivity contribution in [3.05, 3.63) is 48.0 Å². The topological polar surface area (TPSA) is 95.9 Å². The Balaban J connectivity index is 1.39. The number of rotatable bonds is 5. The third-order valence-corrected chi connectivity index (χ3v) is 4.86. The maximum atomic E-state index is 12.3. The summed E-state index contributed by atoms with van der Waals surface area (Å²) < 4.78 is 2.00. The van der Waals surface area contributed by atoms with Gasteiger partial charge in [-0.25, -0.2) is 4.98 Å². The second-order valence-electron chi connectivity index (χ2n) is 6.55. The molecule has 3 aromatic rings. The lowest BCUT2D eigenvalue weighted by molar-refractivity contribution is -0.127. The molecule has 0 radical (unpaired) electrons. The van der Waals surface area contributed by atoms with Crippen LogP contribution in [0.3, 0.4) is 0 Å². The molecule has 0 aliphatic carbocycles. The van der Waals surface area contributed by atoms with Crippen molar-refractivity contribution >= 4 is 22.8 Å². The summed E-state index contributed by atoms with van der Waals surface area (Å²) in [5.74, 6) is -0.116. The number of amides is 2. The van der Waals surface area contributed by atoms with Gasteiger partial charge in [-0.1, -0.05) is 12.1 Å². The first kappa shape index (κ1) is 16.3. The highest BCUT2D eigenvalue weighted by atomic mass is 16.2. The lowest BCUT2D eigenvalue weighted by Crippen LogP contribution is -2.39. The van der Waals surface area contributed by atoms with Crippen LogP contribution in [0.5, 0.6) is 0 Å². The van der Waals surface area contributed by atoms with Gasteiger partial charge in [0.15, 0.2) is 0 Å². The molecule has 8 heteroatoms. The molecule has 8 nitrogen and oxygen atoms in total. The van der Waals surface area contributed by atoms with Crippen molar-refractivity contribution in [3.8, 4) is 0 Å². The summed E-state index contributed by atoms with van der Waals surface area (Å²) in [6.07, 6.45) is 3.09. The normalized spacial score (nSPS) is 17.2. The van der Waals surface area contributed by atoms with Crippen molar-refractivity contribution in [3.63, 3.8) is 0 Å². The summed E-state index contributed by atoms with van der Waals surface area (Å²) in [7, 11) is 1.77. The summed E-state index contributed by atoms with van der Waals surface area (Å²) >= 11 is 0. The molecule has 1 saturated heterocycles. The molecule has 1 aliphatic heterocycles. The van der Waals surface area contributed by atoms with Crippen molar-refractivity contribution in [2.45, 2.75) is 25.4 Å². The molecule has 1 aliphatic rings. The number of fused-ring (bicyclic) bond motifs is 1. The number of para-hydroxylation sites is 2. The van der Waals surface area contributed by atoms with Crippen LogP contribution >= 0.6 is 0 Å². The van der Waals surface area contributed by atoms with Gasteiger partial charge in [0.05, 0.1) is 29.6 Å². The Morgan fingerprint density at radius 2 is 2.23 bits per heavy atom. The van der Waals surface area contributed by atoms with Gasteiger partial charge in [0, 0.05) is 26.1 Å². The number of nitrogens with zero attached hydrogens (tertiary/aromatic N) is 4. The lowest BCUT2D eigenvalue weighted by Gasteiger charge is -2.19. The summed E-state index contributed by atoms with van der Waals surface area (Å²) in [6.45, 7) is 0.996. The number of benzene rings is 1. The van der Waals surface area contributed by atoms with Crippen LogP contribution in [0, 0.1) is 0 Å². The van der Waals surface area contributed by atoms with E-state index in [2.05, 4.69) is 20.5 Å². The Morgan fingerprint density at radius 1 is 1.38 bits per heavy atom. The predicted molar refractivity (Wildman–Crippen MR) is 95.5 cm³/mol. The molecule has 2 amide bonds. The SMILES string of the molecule is CN1C(=O)CC[C@@H]1CNC(=O)c1cc(Cn2cnc3ccccc32)[nH]n1. The molecule has 0 bridgehead atoms. The minimum Gasteiger partial charge on any atom is -0.349 e. The Labute approximate surface area is 150 Å². The van der Waals surface area contributed by atoms with Crippen LogP contribution in [-0.2, 0) is 11.3 Å². The van der Waals surface area contributed by atoms with Crippen molar-refractivity contribution in [2.24, 2.45) is 0 Å². The number of hydrogen-bond acceptors (Lipinski definition) is 4. The van der Waals surface area contributed by atoms with Crippen molar-refractivity contribution in [1.29, 1.82) is 0 Å². The lowest BCUT2D eigenvalue weighted by atomic mass is 10.2. The number of aromatic amines is 1. The van der Waals surface area contributed by atoms with Gasteiger partial charge in [-0.05, 0) is 24.6 Å². The number of carbonyl (C=O) groups is 2. The number of hydrogen-bond donors (Lipinski definition) is 2. The van der Waals surface area contributed by atoms with E-state index in [1.807, 2.05) is 28.8 Å². The summed E-state index contributed by atoms with van der Waals surface area (Å²) in [6, 6.07) is 9.69. The van der Waals surface area contributed by atoms with Gasteiger partial charge >= 0.3 is 0 Å². The van der Waals surface area contributed by atoms with E-state index in [1.54, 1.807) is 24.3 Å². The first-order valence-corrected chi connectivity index (χ1v) is 8.60. The van der Waals surface area contributed by atoms with E-state index >= 15 is 0 Å². The summed E-state index contributed by atoms with van der Waals surface area (Å²) in [4.78, 5) is 29.9. The number of likely N-dealkylation sites (tertiary alicyclic amines) is 1. The van der Waals surface area contributed by atoms with Crippen LogP contribution in [0.4, 0.5) is 0 Å². The van der Waals surface area contributed by atoms with Gasteiger partial charge in [0.2, 0.25) is 5.91 Å². The monoisotopic (exact) mass is 352 g/mol. The molecule has 26 heavy (non-hydrogen) atoms. The zero-order valence-electron chi connectivity index (χ0n) is 14.5. The average molecular weight is 352 g/mol. The molecule has 1 fully saturated rings. The third kappa shape index (κ3) is 3.05. The van der Waals surface area contributed by atoms with Crippen molar-refractivity contribution in [2.75, 3.05) is 13.6 Å². The minimum atomic E-state index is -0.240. The Bertz CT molecular complexity index is 959. The van der Waals surface area contributed by atoms with Crippen LogP contribution in [0.2, 0.25) is 0 Å². The number of likely N-dealkylation sites (N-methyl/N-ethyl adjacent to an activating group) is 1. The van der Waals surface area contributed by atoms with E-state index in [0.717, 1.165) is 23.1 Å². The molecular weight excluding hydrogens is 332 g/mol. The van der Waals surface area contributed by atoms with E-state index in [9.17, 15) is 9.59 Å². The molecule has 0 unspecified atom stereocenters. The Hall–Kier alpha value is -3.16. The Morgan fingerprint density at radius 3 is 3.04 bits per heavy atom. The fourth-order valence-corrected chi connectivity index (χ4v) is 3.28. The van der Waals surface area contributed by atoms with Gasteiger partial charge in [-0.3, -0.25) is 14.7 Å². The zero-order valence-corrected chi connectivity index (χ0v) is 14.5. The zero-order chi connectivity index (χ0) is 18.1. The van der Waals surface area contributed by atoms with Gasteiger partial charge < -0.3 is 14.8 Å². The van der Waals surface area contributed by atoms with Crippen molar-refractivity contribution in [1.82, 2.24) is 30.0 Å². The van der Waals surface area contributed by atoms with Crippen LogP contribution < -0.4 is 5.32 Å². The molecule has 1 aromatic carbocycles. The van der Waals surface area contributed by atoms with E-state index < -0.39 is 0 Å². The number of H-pyrrole nitrogens is 1. The fraction of sp³-hybridized carbons (Fsp3) is 0.333. The third-order valence-electron chi connectivity index (χ3n) is 4.86. The van der Waals surface area contributed by atoms with E-state index in [1.165, 1.54) is 0 Å². The first-order valence-electron chi connectivity index (χ1n) is 8.60. The molecule has 3 heterocycles. The van der Waals surface area contributed by atoms with Gasteiger partial charge in [-0.15, -0.1) is 0 Å². The molecule has 0 spiro atoms. The van der Waals surface area contributed by atoms with Gasteiger partial charge in [0.25, 0.3) is 5.91 Å². The van der Waals surface area contributed by atoms with Crippen LogP contribution in [-0.4, -0.2) is 56.1 Å². The number of nitrogens with one attached hydrogen (secondary N) is 2. The van der Waals surface area contributed by atoms with E-state index in [-0.39, 0.29) is 17.9 Å². The quantitative estimate of drug-likeness (QED) is 0.720. The highest BCUT2D eigenvalue weighted by molar-refractivity contribution is 5.92. The molecule has 0 saturated carbocycles. The maximum Gasteiger partial charge on any atom is 0.271 e. The molecule has 2 aromatic heterocycles. The highest BCUT2D eigenvalue weighted by Crippen LogP contribution is 2.16. The van der Waals surface area contributed by atoms with Gasteiger partial charge in [-0.2, -0.15) is 5.10 Å². The molecule has 1 atom stereocenters. The fourth-order valence-electron chi connectivity index (χ4n) is 3.28. The number of imidazole rings is 1. The standard InChI is InChI=1S/C18H20N6O2/c1-23-13(6-7-17(23)25)9-19-18(26)15-8-12(21-22-15)10-24-11-20-14-4-2-3-5-16(14)24/h2-5,8,11,13H,6-7,9-10H2,1H3,(H,19,26)(H,21,22)/t13-/m1/s1. The predicted octanol–water partition coefficient (Wildman–Crippen LogP) is 1.16. The van der Waals surface area contributed by atoms with Crippen LogP contribution in [0.25, 0.3) is 11.0 Å². The second kappa shape index (κ2) is 6.62. The summed E-state index contributed by atoms with van der Waals surface area (Å²) in [5.41, 5.74) is 3.13.